The molecule has 0 saturated heterocycles. The molecule has 0 bridgehead atoms. The summed E-state index contributed by atoms with van der Waals surface area (Å²) in [6.45, 7) is 1.94. The molecule has 4 nitrogen and oxygen atoms in total. The van der Waals surface area contributed by atoms with E-state index < -0.39 is 6.09 Å². The van der Waals surface area contributed by atoms with E-state index >= 15 is 0 Å². The Bertz CT molecular complexity index is 488. The Morgan fingerprint density at radius 1 is 1.50 bits per heavy atom. The number of hydrogen-bond donors (Lipinski definition) is 2. The first-order chi connectivity index (χ1) is 6.66. The summed E-state index contributed by atoms with van der Waals surface area (Å²) in [7, 11) is 0. The zero-order chi connectivity index (χ0) is 10.1. The fraction of sp³-hybridized carbons (Fsp3) is 0.100. The summed E-state index contributed by atoms with van der Waals surface area (Å²) in [6, 6.07) is 7.33. The number of benzene rings is 1. The van der Waals surface area contributed by atoms with Gasteiger partial charge in [-0.05, 0) is 25.1 Å². The Balaban J connectivity index is 2.58. The molecule has 0 unspecified atom stereocenters. The molecule has 0 aliphatic heterocycles. The van der Waals surface area contributed by atoms with Gasteiger partial charge in [-0.3, -0.25) is 0 Å². The molecule has 1 heterocycles. The first-order valence-corrected chi connectivity index (χ1v) is 4.22. The molecule has 3 N–H and O–H groups in total. The highest BCUT2D eigenvalue weighted by atomic mass is 16.5. The van der Waals surface area contributed by atoms with Crippen molar-refractivity contribution in [3.63, 3.8) is 0 Å². The Hall–Kier alpha value is -1.97. The molecule has 14 heavy (non-hydrogen) atoms. The number of primary amides is 1. The molecular formula is C10H10N2O2. The minimum atomic E-state index is -0.795. The summed E-state index contributed by atoms with van der Waals surface area (Å²) < 4.78 is 4.86. The second-order valence-electron chi connectivity index (χ2n) is 3.09. The molecule has 0 aliphatic rings. The fourth-order valence-electron chi connectivity index (χ4n) is 1.46. The molecule has 1 aromatic carbocycles. The quantitative estimate of drug-likeness (QED) is 0.721. The Morgan fingerprint density at radius 3 is 3.00 bits per heavy atom. The van der Waals surface area contributed by atoms with Crippen LogP contribution in [0, 0.1) is 6.92 Å². The van der Waals surface area contributed by atoms with Gasteiger partial charge >= 0.3 is 6.09 Å². The van der Waals surface area contributed by atoms with E-state index in [1.807, 2.05) is 19.1 Å². The van der Waals surface area contributed by atoms with Crippen molar-refractivity contribution in [1.29, 1.82) is 0 Å². The van der Waals surface area contributed by atoms with Crippen molar-refractivity contribution >= 4 is 17.0 Å². The third-order valence-corrected chi connectivity index (χ3v) is 1.97. The van der Waals surface area contributed by atoms with Crippen molar-refractivity contribution in [3.05, 3.63) is 30.0 Å². The van der Waals surface area contributed by atoms with Gasteiger partial charge < -0.3 is 15.5 Å². The largest absolute Gasteiger partial charge is 0.410 e. The van der Waals surface area contributed by atoms with E-state index in [9.17, 15) is 4.79 Å². The molecule has 2 rings (SSSR count). The number of rotatable bonds is 1. The van der Waals surface area contributed by atoms with Gasteiger partial charge in [0, 0.05) is 16.6 Å². The molecule has 4 heteroatoms. The lowest BCUT2D eigenvalue weighted by Crippen LogP contribution is -2.16. The predicted molar refractivity (Wildman–Crippen MR) is 53.2 cm³/mol. The molecule has 1 aromatic heterocycles. The minimum Gasteiger partial charge on any atom is -0.410 e. The minimum absolute atomic E-state index is 0.486. The number of aromatic nitrogens is 1. The average Bonchev–Trinajstić information content (AvgIpc) is 2.45. The smallest absolute Gasteiger partial charge is 0.409 e. The van der Waals surface area contributed by atoms with Crippen molar-refractivity contribution in [3.8, 4) is 5.75 Å². The van der Waals surface area contributed by atoms with Gasteiger partial charge in [0.25, 0.3) is 0 Å². The van der Waals surface area contributed by atoms with Crippen molar-refractivity contribution in [2.75, 3.05) is 0 Å². The second kappa shape index (κ2) is 3.06. The maximum absolute atomic E-state index is 10.6. The average molecular weight is 190 g/mol. The molecule has 0 fully saturated rings. The molecule has 0 radical (unpaired) electrons. The normalized spacial score (nSPS) is 10.4. The number of ether oxygens (including phenoxy) is 1. The molecule has 1 amide bonds. The van der Waals surface area contributed by atoms with Gasteiger partial charge in [-0.1, -0.05) is 6.07 Å². The van der Waals surface area contributed by atoms with Crippen molar-refractivity contribution in [2.24, 2.45) is 5.73 Å². The van der Waals surface area contributed by atoms with Crippen LogP contribution in [0.3, 0.4) is 0 Å². The molecule has 0 atom stereocenters. The number of hydrogen-bond acceptors (Lipinski definition) is 2. The van der Waals surface area contributed by atoms with Crippen LogP contribution in [0.4, 0.5) is 4.79 Å². The number of carbonyl (C=O) groups is 1. The van der Waals surface area contributed by atoms with E-state index in [1.165, 1.54) is 0 Å². The molecule has 0 spiro atoms. The highest BCUT2D eigenvalue weighted by Crippen LogP contribution is 2.25. The van der Waals surface area contributed by atoms with E-state index in [1.54, 1.807) is 12.1 Å². The zero-order valence-corrected chi connectivity index (χ0v) is 7.70. The van der Waals surface area contributed by atoms with Gasteiger partial charge in [0.05, 0.1) is 0 Å². The third-order valence-electron chi connectivity index (χ3n) is 1.97. The Labute approximate surface area is 80.7 Å². The topological polar surface area (TPSA) is 68.1 Å². The van der Waals surface area contributed by atoms with Crippen LogP contribution in [0.1, 0.15) is 5.69 Å². The lowest BCUT2D eigenvalue weighted by atomic mass is 10.2. The van der Waals surface area contributed by atoms with Gasteiger partial charge in [0.2, 0.25) is 0 Å². The monoisotopic (exact) mass is 190 g/mol. The van der Waals surface area contributed by atoms with Crippen molar-refractivity contribution in [2.45, 2.75) is 6.92 Å². The third kappa shape index (κ3) is 1.42. The first kappa shape index (κ1) is 8.62. The summed E-state index contributed by atoms with van der Waals surface area (Å²) in [5.41, 5.74) is 6.90. The van der Waals surface area contributed by atoms with Gasteiger partial charge in [0.15, 0.2) is 0 Å². The van der Waals surface area contributed by atoms with Crippen LogP contribution in [0.5, 0.6) is 5.75 Å². The lowest BCUT2D eigenvalue weighted by molar-refractivity contribution is 0.211. The van der Waals surface area contributed by atoms with Crippen LogP contribution in [0.2, 0.25) is 0 Å². The number of amides is 1. The summed E-state index contributed by atoms with van der Waals surface area (Å²) in [6.07, 6.45) is -0.795. The second-order valence-corrected chi connectivity index (χ2v) is 3.09. The summed E-state index contributed by atoms with van der Waals surface area (Å²) in [5, 5.41) is 0.865. The molecule has 0 aliphatic carbocycles. The molecule has 0 saturated carbocycles. The molecule has 72 valence electrons. The maximum atomic E-state index is 10.6. The predicted octanol–water partition coefficient (Wildman–Crippen LogP) is 1.93. The first-order valence-electron chi connectivity index (χ1n) is 4.22. The number of nitrogens with two attached hydrogens (primary N) is 1. The summed E-state index contributed by atoms with van der Waals surface area (Å²) in [4.78, 5) is 13.7. The van der Waals surface area contributed by atoms with Crippen molar-refractivity contribution in [1.82, 2.24) is 4.98 Å². The van der Waals surface area contributed by atoms with Crippen LogP contribution in [-0.2, 0) is 0 Å². The van der Waals surface area contributed by atoms with Crippen LogP contribution in [-0.4, -0.2) is 11.1 Å². The lowest BCUT2D eigenvalue weighted by Gasteiger charge is -2.00. The fourth-order valence-corrected chi connectivity index (χ4v) is 1.46. The van der Waals surface area contributed by atoms with Crippen LogP contribution in [0.25, 0.3) is 10.9 Å². The van der Waals surface area contributed by atoms with E-state index in [0.29, 0.717) is 5.75 Å². The number of fused-ring (bicyclic) bond motifs is 1. The molecule has 2 aromatic rings. The number of aryl methyl sites for hydroxylation is 1. The van der Waals surface area contributed by atoms with E-state index in [-0.39, 0.29) is 0 Å². The van der Waals surface area contributed by atoms with Gasteiger partial charge in [-0.25, -0.2) is 4.79 Å². The van der Waals surface area contributed by atoms with Gasteiger partial charge in [-0.2, -0.15) is 0 Å². The van der Waals surface area contributed by atoms with Crippen LogP contribution in [0.15, 0.2) is 24.3 Å². The summed E-state index contributed by atoms with van der Waals surface area (Å²) in [5.74, 6) is 0.486. The maximum Gasteiger partial charge on any atom is 0.409 e. The van der Waals surface area contributed by atoms with Crippen LogP contribution < -0.4 is 10.5 Å². The Kier molecular flexibility index (Phi) is 1.89. The highest BCUT2D eigenvalue weighted by Gasteiger charge is 2.06. The number of aromatic amines is 1. The van der Waals surface area contributed by atoms with E-state index in [0.717, 1.165) is 16.6 Å². The SMILES string of the molecule is Cc1cc2c(OC(N)=O)cccc2[nH]1. The summed E-state index contributed by atoms with van der Waals surface area (Å²) >= 11 is 0. The van der Waals surface area contributed by atoms with Gasteiger partial charge in [0.1, 0.15) is 5.75 Å². The number of carbonyl (C=O) groups excluding carboxylic acids is 1. The van der Waals surface area contributed by atoms with E-state index in [2.05, 4.69) is 4.98 Å². The van der Waals surface area contributed by atoms with Crippen molar-refractivity contribution < 1.29 is 9.53 Å². The highest BCUT2D eigenvalue weighted by molar-refractivity contribution is 5.88. The molecular weight excluding hydrogens is 180 g/mol. The van der Waals surface area contributed by atoms with Crippen LogP contribution >= 0.6 is 0 Å². The van der Waals surface area contributed by atoms with Gasteiger partial charge in [-0.15, -0.1) is 0 Å². The zero-order valence-electron chi connectivity index (χ0n) is 7.70. The Morgan fingerprint density at radius 2 is 2.29 bits per heavy atom. The standard InChI is InChI=1S/C10H10N2O2/c1-6-5-7-8(12-6)3-2-4-9(7)14-10(11)13/h2-5,12H,1H3,(H2,11,13). The number of nitrogens with one attached hydrogen (secondary N) is 1. The van der Waals surface area contributed by atoms with E-state index in [4.69, 9.17) is 10.5 Å². The number of H-pyrrole nitrogens is 1.